The smallest absolute Gasteiger partial charge is 0.251 e. The minimum Gasteiger partial charge on any atom is -0.399 e. The molecule has 5 heteroatoms. The third-order valence-corrected chi connectivity index (χ3v) is 2.87. The minimum absolute atomic E-state index is 0. The molecule has 4 nitrogen and oxygen atoms in total. The standard InChI is InChI=1S/C12H16N2O2.ClH/c1-8-11(6-7-16-8)14-12(15)9-2-4-10(13)5-3-9;/h2-5,8,11H,6-7,13H2,1H3,(H,14,15);1H. The maximum absolute atomic E-state index is 11.9. The summed E-state index contributed by atoms with van der Waals surface area (Å²) in [4.78, 5) is 11.9. The van der Waals surface area contributed by atoms with Crippen molar-refractivity contribution in [2.24, 2.45) is 0 Å². The molecule has 1 aliphatic rings. The van der Waals surface area contributed by atoms with E-state index in [0.717, 1.165) is 6.42 Å². The first-order valence-corrected chi connectivity index (χ1v) is 5.45. The fraction of sp³-hybridized carbons (Fsp3) is 0.417. The topological polar surface area (TPSA) is 64.3 Å². The Morgan fingerprint density at radius 2 is 2.06 bits per heavy atom. The number of rotatable bonds is 2. The van der Waals surface area contributed by atoms with Gasteiger partial charge < -0.3 is 15.8 Å². The molecule has 0 saturated carbocycles. The second-order valence-electron chi connectivity index (χ2n) is 4.07. The number of halogens is 1. The Morgan fingerprint density at radius 1 is 1.41 bits per heavy atom. The molecular formula is C12H17ClN2O2. The normalized spacial score (nSPS) is 22.9. The molecule has 1 aromatic carbocycles. The van der Waals surface area contributed by atoms with Gasteiger partial charge >= 0.3 is 0 Å². The average Bonchev–Trinajstić information content (AvgIpc) is 2.65. The van der Waals surface area contributed by atoms with E-state index in [1.807, 2.05) is 6.92 Å². The predicted molar refractivity (Wildman–Crippen MR) is 69.4 cm³/mol. The summed E-state index contributed by atoms with van der Waals surface area (Å²) in [6, 6.07) is 7.02. The molecule has 2 atom stereocenters. The summed E-state index contributed by atoms with van der Waals surface area (Å²) in [5.41, 5.74) is 6.85. The van der Waals surface area contributed by atoms with Crippen LogP contribution in [0.2, 0.25) is 0 Å². The van der Waals surface area contributed by atoms with E-state index in [9.17, 15) is 4.79 Å². The molecule has 0 bridgehead atoms. The quantitative estimate of drug-likeness (QED) is 0.790. The first-order chi connectivity index (χ1) is 7.66. The van der Waals surface area contributed by atoms with E-state index in [2.05, 4.69) is 5.32 Å². The molecule has 1 aliphatic heterocycles. The van der Waals surface area contributed by atoms with Gasteiger partial charge in [0.25, 0.3) is 5.91 Å². The zero-order chi connectivity index (χ0) is 11.5. The molecule has 0 aromatic heterocycles. The summed E-state index contributed by atoms with van der Waals surface area (Å²) in [6.45, 7) is 2.69. The van der Waals surface area contributed by atoms with Gasteiger partial charge in [0.2, 0.25) is 0 Å². The average molecular weight is 257 g/mol. The minimum atomic E-state index is -0.0673. The summed E-state index contributed by atoms with van der Waals surface area (Å²) < 4.78 is 5.39. The van der Waals surface area contributed by atoms with E-state index in [1.54, 1.807) is 24.3 Å². The van der Waals surface area contributed by atoms with Gasteiger partial charge in [-0.3, -0.25) is 4.79 Å². The Morgan fingerprint density at radius 3 is 2.59 bits per heavy atom. The number of amides is 1. The van der Waals surface area contributed by atoms with Crippen LogP contribution in [0.3, 0.4) is 0 Å². The number of ether oxygens (including phenoxy) is 1. The van der Waals surface area contributed by atoms with E-state index in [4.69, 9.17) is 10.5 Å². The first kappa shape index (κ1) is 13.8. The zero-order valence-corrected chi connectivity index (χ0v) is 10.5. The van der Waals surface area contributed by atoms with E-state index in [-0.39, 0.29) is 30.5 Å². The Hall–Kier alpha value is -1.26. The van der Waals surface area contributed by atoms with Crippen molar-refractivity contribution in [1.29, 1.82) is 0 Å². The molecule has 2 rings (SSSR count). The van der Waals surface area contributed by atoms with Crippen molar-refractivity contribution in [3.63, 3.8) is 0 Å². The van der Waals surface area contributed by atoms with Gasteiger partial charge in [0.05, 0.1) is 12.1 Å². The molecule has 1 saturated heterocycles. The molecule has 3 N–H and O–H groups in total. The van der Waals surface area contributed by atoms with Crippen LogP contribution in [0.5, 0.6) is 0 Å². The number of nitrogen functional groups attached to an aromatic ring is 1. The van der Waals surface area contributed by atoms with E-state index in [0.29, 0.717) is 17.9 Å². The van der Waals surface area contributed by atoms with Crippen LogP contribution < -0.4 is 11.1 Å². The summed E-state index contributed by atoms with van der Waals surface area (Å²) in [6.07, 6.45) is 0.972. The molecular weight excluding hydrogens is 240 g/mol. The highest BCUT2D eigenvalue weighted by Gasteiger charge is 2.25. The van der Waals surface area contributed by atoms with Crippen LogP contribution in [0.25, 0.3) is 0 Å². The summed E-state index contributed by atoms with van der Waals surface area (Å²) in [7, 11) is 0. The lowest BCUT2D eigenvalue weighted by Crippen LogP contribution is -2.39. The van der Waals surface area contributed by atoms with Crippen LogP contribution >= 0.6 is 12.4 Å². The molecule has 0 spiro atoms. The largest absolute Gasteiger partial charge is 0.399 e. The second kappa shape index (κ2) is 5.89. The van der Waals surface area contributed by atoms with Crippen LogP contribution in [0, 0.1) is 0 Å². The molecule has 1 heterocycles. The molecule has 17 heavy (non-hydrogen) atoms. The summed E-state index contributed by atoms with van der Waals surface area (Å²) in [5, 5.41) is 2.96. The van der Waals surface area contributed by atoms with Crippen LogP contribution in [0.15, 0.2) is 24.3 Å². The monoisotopic (exact) mass is 256 g/mol. The van der Waals surface area contributed by atoms with Crippen molar-refractivity contribution >= 4 is 24.0 Å². The second-order valence-corrected chi connectivity index (χ2v) is 4.07. The van der Waals surface area contributed by atoms with Gasteiger partial charge in [0.15, 0.2) is 0 Å². The number of nitrogens with two attached hydrogens (primary N) is 1. The Bertz CT molecular complexity index is 381. The molecule has 2 unspecified atom stereocenters. The third kappa shape index (κ3) is 3.35. The van der Waals surface area contributed by atoms with Gasteiger partial charge in [-0.2, -0.15) is 0 Å². The maximum atomic E-state index is 11.9. The van der Waals surface area contributed by atoms with Crippen molar-refractivity contribution in [1.82, 2.24) is 5.32 Å². The molecule has 1 fully saturated rings. The molecule has 94 valence electrons. The summed E-state index contributed by atoms with van der Waals surface area (Å²) >= 11 is 0. The van der Waals surface area contributed by atoms with Crippen molar-refractivity contribution in [3.05, 3.63) is 29.8 Å². The molecule has 1 aromatic rings. The van der Waals surface area contributed by atoms with Crippen LogP contribution in [0.1, 0.15) is 23.7 Å². The van der Waals surface area contributed by atoms with Crippen LogP contribution in [-0.2, 0) is 4.74 Å². The van der Waals surface area contributed by atoms with Crippen molar-refractivity contribution in [2.75, 3.05) is 12.3 Å². The van der Waals surface area contributed by atoms with E-state index >= 15 is 0 Å². The third-order valence-electron chi connectivity index (χ3n) is 2.87. The van der Waals surface area contributed by atoms with Gasteiger partial charge in [-0.05, 0) is 37.6 Å². The van der Waals surface area contributed by atoms with Crippen molar-refractivity contribution in [2.45, 2.75) is 25.5 Å². The number of anilines is 1. The number of hydrogen-bond donors (Lipinski definition) is 2. The zero-order valence-electron chi connectivity index (χ0n) is 9.68. The van der Waals surface area contributed by atoms with Gasteiger partial charge in [-0.25, -0.2) is 0 Å². The SMILES string of the molecule is CC1OCCC1NC(=O)c1ccc(N)cc1.Cl. The summed E-state index contributed by atoms with van der Waals surface area (Å²) in [5.74, 6) is -0.0673. The number of carbonyl (C=O) groups excluding carboxylic acids is 1. The lowest BCUT2D eigenvalue weighted by molar-refractivity contribution is 0.0866. The predicted octanol–water partition coefficient (Wildman–Crippen LogP) is 1.60. The van der Waals surface area contributed by atoms with Gasteiger partial charge in [0, 0.05) is 17.9 Å². The van der Waals surface area contributed by atoms with Crippen LogP contribution in [-0.4, -0.2) is 24.7 Å². The maximum Gasteiger partial charge on any atom is 0.251 e. The highest BCUT2D eigenvalue weighted by Crippen LogP contribution is 2.13. The number of benzene rings is 1. The van der Waals surface area contributed by atoms with Crippen molar-refractivity contribution in [3.8, 4) is 0 Å². The fourth-order valence-corrected chi connectivity index (χ4v) is 1.81. The Kier molecular flexibility index (Phi) is 4.78. The highest BCUT2D eigenvalue weighted by molar-refractivity contribution is 5.94. The van der Waals surface area contributed by atoms with Crippen LogP contribution in [0.4, 0.5) is 5.69 Å². The number of hydrogen-bond acceptors (Lipinski definition) is 3. The van der Waals surface area contributed by atoms with E-state index in [1.165, 1.54) is 0 Å². The molecule has 0 aliphatic carbocycles. The lowest BCUT2D eigenvalue weighted by atomic mass is 10.1. The Labute approximate surface area is 107 Å². The Balaban J connectivity index is 0.00000144. The van der Waals surface area contributed by atoms with E-state index < -0.39 is 0 Å². The molecule has 0 radical (unpaired) electrons. The van der Waals surface area contributed by atoms with Gasteiger partial charge in [-0.15, -0.1) is 12.4 Å². The number of nitrogens with one attached hydrogen (secondary N) is 1. The highest BCUT2D eigenvalue weighted by atomic mass is 35.5. The van der Waals surface area contributed by atoms with Gasteiger partial charge in [0.1, 0.15) is 0 Å². The lowest BCUT2D eigenvalue weighted by Gasteiger charge is -2.15. The molecule has 1 amide bonds. The fourth-order valence-electron chi connectivity index (χ4n) is 1.81. The first-order valence-electron chi connectivity index (χ1n) is 5.45. The van der Waals surface area contributed by atoms with Gasteiger partial charge in [-0.1, -0.05) is 0 Å². The number of carbonyl (C=O) groups is 1. The van der Waals surface area contributed by atoms with Crippen molar-refractivity contribution < 1.29 is 9.53 Å².